The molecule has 7 aromatic rings. The fourth-order valence-electron chi connectivity index (χ4n) is 4.54. The van der Waals surface area contributed by atoms with Crippen LogP contribution in [0, 0.1) is 0 Å². The first-order chi connectivity index (χ1) is 14.2. The third-order valence-electron chi connectivity index (χ3n) is 5.81. The molecule has 0 aliphatic heterocycles. The van der Waals surface area contributed by atoms with E-state index in [9.17, 15) is 4.79 Å². The van der Waals surface area contributed by atoms with Crippen molar-refractivity contribution < 1.29 is 4.42 Å². The van der Waals surface area contributed by atoms with Gasteiger partial charge in [0.05, 0.1) is 11.0 Å². The summed E-state index contributed by atoms with van der Waals surface area (Å²) in [5.74, 6) is 0. The van der Waals surface area contributed by atoms with E-state index in [4.69, 9.17) is 9.40 Å². The lowest BCUT2D eigenvalue weighted by Crippen LogP contribution is -2.13. The minimum atomic E-state index is -0.0501. The first-order valence-corrected chi connectivity index (χ1v) is 10.1. The van der Waals surface area contributed by atoms with Crippen LogP contribution in [-0.4, -0.2) is 9.38 Å². The third-order valence-corrected chi connectivity index (χ3v) is 6.51. The summed E-state index contributed by atoms with van der Waals surface area (Å²) in [6.07, 6.45) is 0. The van der Waals surface area contributed by atoms with Crippen LogP contribution in [0.15, 0.2) is 80.4 Å². The van der Waals surface area contributed by atoms with Crippen LogP contribution >= 0.6 is 15.9 Å². The van der Waals surface area contributed by atoms with Crippen LogP contribution in [0.25, 0.3) is 60.2 Å². The molecule has 136 valence electrons. The second-order valence-corrected chi connectivity index (χ2v) is 8.19. The first kappa shape index (κ1) is 15.5. The van der Waals surface area contributed by atoms with Gasteiger partial charge in [-0.25, -0.2) is 4.98 Å². The van der Waals surface area contributed by atoms with Gasteiger partial charge in [0.15, 0.2) is 0 Å². The highest BCUT2D eigenvalue weighted by atomic mass is 79.9. The summed E-state index contributed by atoms with van der Waals surface area (Å²) in [5.41, 5.74) is 3.79. The number of aromatic nitrogens is 2. The lowest BCUT2D eigenvalue weighted by atomic mass is 10.0. The molecule has 0 saturated heterocycles. The molecule has 0 saturated carbocycles. The third kappa shape index (κ3) is 1.83. The topological polar surface area (TPSA) is 47.5 Å². The van der Waals surface area contributed by atoms with Crippen LogP contribution in [0.5, 0.6) is 0 Å². The number of hydrogen-bond donors (Lipinski definition) is 0. The van der Waals surface area contributed by atoms with Gasteiger partial charge in [-0.15, -0.1) is 0 Å². The number of pyridine rings is 1. The molecule has 0 atom stereocenters. The summed E-state index contributed by atoms with van der Waals surface area (Å²) in [7, 11) is 0. The van der Waals surface area contributed by atoms with Gasteiger partial charge >= 0.3 is 0 Å². The number of fused-ring (bicyclic) bond motifs is 7. The summed E-state index contributed by atoms with van der Waals surface area (Å²) in [4.78, 5) is 18.3. The number of rotatable bonds is 0. The fraction of sp³-hybridized carbons (Fsp3) is 0. The van der Waals surface area contributed by atoms with Gasteiger partial charge in [0.1, 0.15) is 16.8 Å². The summed E-state index contributed by atoms with van der Waals surface area (Å²) < 4.78 is 8.72. The van der Waals surface area contributed by atoms with E-state index < -0.39 is 0 Å². The molecular weight excluding hydrogens is 428 g/mol. The Morgan fingerprint density at radius 1 is 0.793 bits per heavy atom. The Morgan fingerprint density at radius 2 is 1.62 bits per heavy atom. The Balaban J connectivity index is 1.78. The van der Waals surface area contributed by atoms with Crippen LogP contribution < -0.4 is 5.56 Å². The van der Waals surface area contributed by atoms with Crippen molar-refractivity contribution in [3.05, 3.63) is 81.6 Å². The maximum absolute atomic E-state index is 13.5. The summed E-state index contributed by atoms with van der Waals surface area (Å²) in [5, 5.41) is 5.66. The maximum atomic E-state index is 13.5. The molecule has 0 bridgehead atoms. The highest BCUT2D eigenvalue weighted by Gasteiger charge is 2.18. The largest absolute Gasteiger partial charge is 0.456 e. The Labute approximate surface area is 171 Å². The van der Waals surface area contributed by atoms with Crippen LogP contribution in [0.2, 0.25) is 0 Å². The number of para-hydroxylation sites is 1. The van der Waals surface area contributed by atoms with Crippen molar-refractivity contribution in [1.29, 1.82) is 0 Å². The molecule has 0 unspecified atom stereocenters. The SMILES string of the molecule is O=c1c2ccc(Br)c3cccc(c32)c2nc3cc4oc5ccccc5c4cc3n12. The van der Waals surface area contributed by atoms with Crippen molar-refractivity contribution in [3.8, 4) is 0 Å². The molecule has 0 spiro atoms. The van der Waals surface area contributed by atoms with E-state index in [1.807, 2.05) is 66.7 Å². The van der Waals surface area contributed by atoms with Crippen molar-refractivity contribution in [1.82, 2.24) is 9.38 Å². The molecule has 0 aliphatic rings. The number of halogens is 1. The number of imidazole rings is 1. The van der Waals surface area contributed by atoms with Gasteiger partial charge in [-0.1, -0.05) is 52.3 Å². The van der Waals surface area contributed by atoms with Crippen LogP contribution in [0.1, 0.15) is 0 Å². The van der Waals surface area contributed by atoms with E-state index in [2.05, 4.69) is 15.9 Å². The van der Waals surface area contributed by atoms with Crippen molar-refractivity contribution in [2.75, 3.05) is 0 Å². The van der Waals surface area contributed by atoms with E-state index in [1.165, 1.54) is 0 Å². The van der Waals surface area contributed by atoms with Gasteiger partial charge in [0.25, 0.3) is 5.56 Å². The molecule has 4 nitrogen and oxygen atoms in total. The maximum Gasteiger partial charge on any atom is 0.264 e. The fourth-order valence-corrected chi connectivity index (χ4v) is 5.00. The number of nitrogens with zero attached hydrogens (tertiary/aromatic N) is 2. The van der Waals surface area contributed by atoms with Crippen LogP contribution in [0.4, 0.5) is 0 Å². The Bertz CT molecular complexity index is 1850. The smallest absolute Gasteiger partial charge is 0.264 e. The lowest BCUT2D eigenvalue weighted by Gasteiger charge is -2.08. The van der Waals surface area contributed by atoms with Crippen molar-refractivity contribution >= 4 is 76.1 Å². The first-order valence-electron chi connectivity index (χ1n) is 9.31. The van der Waals surface area contributed by atoms with Crippen molar-refractivity contribution in [2.45, 2.75) is 0 Å². The van der Waals surface area contributed by atoms with Gasteiger partial charge in [-0.2, -0.15) is 0 Å². The van der Waals surface area contributed by atoms with E-state index in [0.29, 0.717) is 11.0 Å². The van der Waals surface area contributed by atoms with Crippen LogP contribution in [0.3, 0.4) is 0 Å². The number of benzene rings is 4. The van der Waals surface area contributed by atoms with Gasteiger partial charge in [-0.3, -0.25) is 9.20 Å². The van der Waals surface area contributed by atoms with Crippen molar-refractivity contribution in [2.24, 2.45) is 0 Å². The molecule has 5 heteroatoms. The molecule has 7 rings (SSSR count). The highest BCUT2D eigenvalue weighted by Crippen LogP contribution is 2.36. The zero-order chi connectivity index (χ0) is 19.3. The second kappa shape index (κ2) is 5.13. The normalized spacial score (nSPS) is 12.4. The summed E-state index contributed by atoms with van der Waals surface area (Å²) in [6, 6.07) is 21.8. The number of hydrogen-bond acceptors (Lipinski definition) is 3. The monoisotopic (exact) mass is 438 g/mol. The molecule has 3 aromatic heterocycles. The van der Waals surface area contributed by atoms with E-state index in [-0.39, 0.29) is 5.56 Å². The van der Waals surface area contributed by atoms with E-state index in [0.717, 1.165) is 53.6 Å². The highest BCUT2D eigenvalue weighted by molar-refractivity contribution is 9.10. The minimum absolute atomic E-state index is 0.0501. The average molecular weight is 439 g/mol. The number of furan rings is 1. The quantitative estimate of drug-likeness (QED) is 0.281. The molecule has 0 N–H and O–H groups in total. The molecular formula is C24H11BrN2O2. The van der Waals surface area contributed by atoms with Gasteiger partial charge in [0.2, 0.25) is 0 Å². The summed E-state index contributed by atoms with van der Waals surface area (Å²) in [6.45, 7) is 0. The molecule has 4 aromatic carbocycles. The molecule has 0 radical (unpaired) electrons. The zero-order valence-corrected chi connectivity index (χ0v) is 16.5. The molecule has 0 aliphatic carbocycles. The van der Waals surface area contributed by atoms with Crippen LogP contribution in [-0.2, 0) is 0 Å². The Morgan fingerprint density at radius 3 is 2.55 bits per heavy atom. The predicted octanol–water partition coefficient (Wildman–Crippen LogP) is 6.25. The van der Waals surface area contributed by atoms with E-state index in [1.54, 1.807) is 4.40 Å². The van der Waals surface area contributed by atoms with E-state index >= 15 is 0 Å². The standard InChI is InChI=1S/C24H11BrN2O2/c25-17-9-8-15-22-13(17)5-3-6-14(22)23-26-18-11-21-16(10-19(18)27(23)24(15)28)12-4-1-2-7-20(12)29-21/h1-11H. The molecule has 0 amide bonds. The molecule has 3 heterocycles. The van der Waals surface area contributed by atoms with Gasteiger partial charge < -0.3 is 4.42 Å². The zero-order valence-electron chi connectivity index (χ0n) is 14.9. The minimum Gasteiger partial charge on any atom is -0.456 e. The van der Waals surface area contributed by atoms with Crippen molar-refractivity contribution in [3.63, 3.8) is 0 Å². The average Bonchev–Trinajstić information content (AvgIpc) is 3.29. The predicted molar refractivity (Wildman–Crippen MR) is 120 cm³/mol. The lowest BCUT2D eigenvalue weighted by molar-refractivity contribution is 0.669. The van der Waals surface area contributed by atoms with Gasteiger partial charge in [-0.05, 0) is 29.7 Å². The Kier molecular flexibility index (Phi) is 2.74. The summed E-state index contributed by atoms with van der Waals surface area (Å²) >= 11 is 3.61. The molecule has 29 heavy (non-hydrogen) atoms. The Hall–Kier alpha value is -3.44. The van der Waals surface area contributed by atoms with Gasteiger partial charge in [0, 0.05) is 37.5 Å². The second-order valence-electron chi connectivity index (χ2n) is 7.33. The molecule has 0 fully saturated rings.